The lowest BCUT2D eigenvalue weighted by molar-refractivity contribution is -0.294. The third-order valence-electron chi connectivity index (χ3n) is 2.22. The molecule has 0 aliphatic carbocycles. The molecule has 0 aromatic rings. The summed E-state index contributed by atoms with van der Waals surface area (Å²) in [4.78, 5) is 0. The van der Waals surface area contributed by atoms with Gasteiger partial charge in [-0.15, -0.1) is 6.58 Å². The highest BCUT2D eigenvalue weighted by molar-refractivity contribution is 14.1. The minimum atomic E-state index is -5.92. The van der Waals surface area contributed by atoms with Gasteiger partial charge in [-0.05, 0) is 36.4 Å². The van der Waals surface area contributed by atoms with Crippen molar-refractivity contribution >= 4 is 45.2 Å². The van der Waals surface area contributed by atoms with Crippen molar-refractivity contribution in [1.82, 2.24) is 0 Å². The number of allylic oxidation sites excluding steroid dienone is 1. The van der Waals surface area contributed by atoms with Crippen LogP contribution in [0.15, 0.2) is 12.7 Å². The van der Waals surface area contributed by atoms with E-state index in [0.717, 1.165) is 22.6 Å². The molecule has 16 heteroatoms. The Labute approximate surface area is 177 Å². The molecule has 0 saturated carbocycles. The molecular formula is C12H12F14I2. The first-order chi connectivity index (χ1) is 11.8. The molecule has 0 spiro atoms. The van der Waals surface area contributed by atoms with Crippen molar-refractivity contribution in [3.05, 3.63) is 12.7 Å². The fourth-order valence-electron chi connectivity index (χ4n) is 0.729. The molecule has 0 fully saturated rings. The zero-order valence-electron chi connectivity index (χ0n) is 13.6. The first kappa shape index (κ1) is 32.9. The Morgan fingerprint density at radius 3 is 1.11 bits per heavy atom. The highest BCUT2D eigenvalue weighted by Gasteiger charge is 2.71. The maximum atomic E-state index is 12.7. The number of hydrogen-bond acceptors (Lipinski definition) is 0. The molecule has 0 bridgehead atoms. The lowest BCUT2D eigenvalue weighted by atomic mass is 10.0. The first-order valence-corrected chi connectivity index (χ1v) is 8.66. The summed E-state index contributed by atoms with van der Waals surface area (Å²) in [6.07, 6.45) is -21.8. The molecule has 0 radical (unpaired) electrons. The van der Waals surface area contributed by atoms with Gasteiger partial charge >= 0.3 is 28.4 Å². The van der Waals surface area contributed by atoms with E-state index < -0.39 is 44.4 Å². The van der Waals surface area contributed by atoms with Crippen LogP contribution in [0.4, 0.5) is 61.5 Å². The highest BCUT2D eigenvalue weighted by atomic mass is 127. The van der Waals surface area contributed by atoms with Crippen LogP contribution >= 0.6 is 45.2 Å². The predicted octanol–water partition coefficient (Wildman–Crippen LogP) is 8.44. The molecule has 0 aliphatic rings. The summed E-state index contributed by atoms with van der Waals surface area (Å²) < 4.78 is 155. The van der Waals surface area contributed by atoms with E-state index in [2.05, 4.69) is 6.58 Å². The minimum Gasteiger partial charge on any atom is -0.234 e. The third kappa shape index (κ3) is 11.4. The van der Waals surface area contributed by atoms with Crippen molar-refractivity contribution in [2.24, 2.45) is 0 Å². The molecule has 0 nitrogen and oxygen atoms in total. The molecule has 28 heavy (non-hydrogen) atoms. The van der Waals surface area contributed by atoms with Gasteiger partial charge < -0.3 is 0 Å². The lowest BCUT2D eigenvalue weighted by Crippen LogP contribution is -2.47. The van der Waals surface area contributed by atoms with Crippen LogP contribution in [0.1, 0.15) is 20.3 Å². The highest BCUT2D eigenvalue weighted by Crippen LogP contribution is 2.50. The van der Waals surface area contributed by atoms with Gasteiger partial charge in [0.25, 0.3) is 0 Å². The molecule has 2 atom stereocenters. The summed E-state index contributed by atoms with van der Waals surface area (Å²) in [5.74, 6) is 0. The van der Waals surface area contributed by atoms with Gasteiger partial charge in [0.15, 0.2) is 0 Å². The normalized spacial score (nSPS) is 16.6. The Kier molecular flexibility index (Phi) is 12.9. The molecule has 0 aromatic carbocycles. The maximum absolute atomic E-state index is 12.7. The topological polar surface area (TPSA) is 0 Å². The van der Waals surface area contributed by atoms with E-state index in [-0.39, 0.29) is 29.5 Å². The molecule has 0 rings (SSSR count). The van der Waals surface area contributed by atoms with E-state index in [0.29, 0.717) is 0 Å². The fraction of sp³-hybridized carbons (Fsp3) is 0.833. The SMILES string of the molecule is C=CC.CC(F)(CC(I)C(F)(F)F)C(F)(F)F.FC(F)(F)C(F)(I)C(F)(F)F. The Hall–Kier alpha value is 0.220. The van der Waals surface area contributed by atoms with Gasteiger partial charge in [-0.25, -0.2) is 8.78 Å². The molecule has 0 saturated heterocycles. The van der Waals surface area contributed by atoms with Crippen molar-refractivity contribution in [2.75, 3.05) is 0 Å². The van der Waals surface area contributed by atoms with Gasteiger partial charge in [-0.1, -0.05) is 28.7 Å². The van der Waals surface area contributed by atoms with E-state index in [1.165, 1.54) is 0 Å². The van der Waals surface area contributed by atoms with Crippen LogP contribution in [-0.2, 0) is 0 Å². The third-order valence-corrected chi connectivity index (χ3v) is 4.59. The van der Waals surface area contributed by atoms with Crippen LogP contribution in [0, 0.1) is 0 Å². The molecule has 0 N–H and O–H groups in total. The number of halogens is 16. The molecule has 2 unspecified atom stereocenters. The molecule has 0 heterocycles. The molecule has 172 valence electrons. The maximum Gasteiger partial charge on any atom is 0.441 e. The van der Waals surface area contributed by atoms with Crippen LogP contribution < -0.4 is 0 Å². The molecule has 0 amide bonds. The lowest BCUT2D eigenvalue weighted by Gasteiger charge is -2.26. The zero-order chi connectivity index (χ0) is 24.0. The monoisotopic (exact) mass is 676 g/mol. The number of alkyl halides is 16. The largest absolute Gasteiger partial charge is 0.441 e. The summed E-state index contributed by atoms with van der Waals surface area (Å²) in [6.45, 7) is 5.35. The van der Waals surface area contributed by atoms with Crippen molar-refractivity contribution < 1.29 is 61.5 Å². The number of rotatable bonds is 2. The van der Waals surface area contributed by atoms with E-state index in [4.69, 9.17) is 0 Å². The summed E-state index contributed by atoms with van der Waals surface area (Å²) in [6, 6.07) is 0. The van der Waals surface area contributed by atoms with Crippen LogP contribution in [0.3, 0.4) is 0 Å². The summed E-state index contributed by atoms with van der Waals surface area (Å²) >= 11 is 0.421. The Bertz CT molecular complexity index is 439. The molecule has 0 aromatic heterocycles. The van der Waals surface area contributed by atoms with E-state index >= 15 is 0 Å². The van der Waals surface area contributed by atoms with Gasteiger partial charge in [0.2, 0.25) is 5.67 Å². The Morgan fingerprint density at radius 2 is 1.00 bits per heavy atom. The van der Waals surface area contributed by atoms with Crippen molar-refractivity contribution in [3.63, 3.8) is 0 Å². The standard InChI is InChI=1S/C6H6F7I.C3F7I.C3H6/c1-4(7,6(11,12)13)2-3(14)5(8,9)10;4-1(11,2(5,6)7)3(8,9)10;1-3-2/h3H,2H2,1H3;;3H,1H2,2H3. The van der Waals surface area contributed by atoms with E-state index in [1.807, 2.05) is 6.92 Å². The summed E-state index contributed by atoms with van der Waals surface area (Å²) in [5.41, 5.74) is -3.81. The summed E-state index contributed by atoms with van der Waals surface area (Å²) in [7, 11) is 0. The average Bonchev–Trinajstić information content (AvgIpc) is 2.34. The van der Waals surface area contributed by atoms with Gasteiger partial charge in [-0.2, -0.15) is 52.7 Å². The smallest absolute Gasteiger partial charge is 0.234 e. The van der Waals surface area contributed by atoms with Crippen molar-refractivity contribution in [3.8, 4) is 0 Å². The van der Waals surface area contributed by atoms with Gasteiger partial charge in [0.05, 0.1) is 0 Å². The minimum absolute atomic E-state index is 0.102. The average molecular weight is 676 g/mol. The zero-order valence-corrected chi connectivity index (χ0v) is 17.9. The fourth-order valence-corrected chi connectivity index (χ4v) is 1.56. The van der Waals surface area contributed by atoms with Crippen LogP contribution in [-0.4, -0.2) is 38.0 Å². The van der Waals surface area contributed by atoms with Gasteiger partial charge in [0, 0.05) is 6.42 Å². The van der Waals surface area contributed by atoms with E-state index in [9.17, 15) is 61.5 Å². The van der Waals surface area contributed by atoms with Crippen LogP contribution in [0.5, 0.6) is 0 Å². The first-order valence-electron chi connectivity index (χ1n) is 6.34. The van der Waals surface area contributed by atoms with Crippen LogP contribution in [0.2, 0.25) is 0 Å². The van der Waals surface area contributed by atoms with Crippen molar-refractivity contribution in [2.45, 2.75) is 58.2 Å². The van der Waals surface area contributed by atoms with Gasteiger partial charge in [0.1, 0.15) is 3.92 Å². The molecular weight excluding hydrogens is 664 g/mol. The second-order valence-electron chi connectivity index (χ2n) is 4.89. The molecule has 0 aliphatic heterocycles. The quantitative estimate of drug-likeness (QED) is 0.119. The van der Waals surface area contributed by atoms with E-state index in [1.54, 1.807) is 6.08 Å². The number of hydrogen-bond donors (Lipinski definition) is 0. The van der Waals surface area contributed by atoms with Crippen molar-refractivity contribution in [1.29, 1.82) is 0 Å². The second kappa shape index (κ2) is 11.0. The van der Waals surface area contributed by atoms with Crippen LogP contribution in [0.25, 0.3) is 0 Å². The Balaban J connectivity index is -0.000000399. The summed E-state index contributed by atoms with van der Waals surface area (Å²) in [5, 5.41) is 0. The second-order valence-corrected chi connectivity index (χ2v) is 7.88. The van der Waals surface area contributed by atoms with Gasteiger partial charge in [-0.3, -0.25) is 0 Å². The predicted molar refractivity (Wildman–Crippen MR) is 89.9 cm³/mol. The Morgan fingerprint density at radius 1 is 0.750 bits per heavy atom.